The lowest BCUT2D eigenvalue weighted by Gasteiger charge is -2.27. The minimum Gasteiger partial charge on any atom is -0.455 e. The van der Waals surface area contributed by atoms with E-state index in [0.29, 0.717) is 0 Å². The van der Waals surface area contributed by atoms with Gasteiger partial charge in [-0.2, -0.15) is 0 Å². The molecule has 0 fully saturated rings. The summed E-state index contributed by atoms with van der Waals surface area (Å²) in [7, 11) is 0. The van der Waals surface area contributed by atoms with Crippen LogP contribution in [-0.4, -0.2) is 0 Å². The zero-order valence-electron chi connectivity index (χ0n) is 29.8. The van der Waals surface area contributed by atoms with Gasteiger partial charge in [-0.05, 0) is 93.4 Å². The Hall–Kier alpha value is -6.94. The van der Waals surface area contributed by atoms with Gasteiger partial charge in [0.25, 0.3) is 0 Å². The van der Waals surface area contributed by atoms with Crippen molar-refractivity contribution in [3.63, 3.8) is 0 Å². The number of nitrogens with zero attached hydrogens (tertiary/aromatic N) is 1. The van der Waals surface area contributed by atoms with Crippen molar-refractivity contribution in [3.8, 4) is 33.4 Å². The average molecular weight is 720 g/mol. The van der Waals surface area contributed by atoms with Crippen LogP contribution in [0.15, 0.2) is 205 Å². The Labute approximate surface area is 322 Å². The van der Waals surface area contributed by atoms with Gasteiger partial charge in [-0.3, -0.25) is 0 Å². The topological polar surface area (TPSA) is 16.4 Å². The number of furan rings is 1. The third-order valence-corrected chi connectivity index (χ3v) is 12.0. The first kappa shape index (κ1) is 31.6. The lowest BCUT2D eigenvalue weighted by atomic mass is 9.91. The Morgan fingerprint density at radius 1 is 0.382 bits per heavy atom. The molecule has 9 aromatic carbocycles. The summed E-state index contributed by atoms with van der Waals surface area (Å²) in [6.45, 7) is 0. The molecule has 0 aliphatic carbocycles. The Balaban J connectivity index is 1.12. The fraction of sp³-hybridized carbons (Fsp3) is 0. The van der Waals surface area contributed by atoms with Gasteiger partial charge in [-0.1, -0.05) is 146 Å². The van der Waals surface area contributed by atoms with Crippen LogP contribution in [0.4, 0.5) is 17.1 Å². The highest BCUT2D eigenvalue weighted by atomic mass is 32.1. The van der Waals surface area contributed by atoms with Gasteiger partial charge in [-0.15, -0.1) is 11.3 Å². The molecule has 2 heterocycles. The van der Waals surface area contributed by atoms with Crippen molar-refractivity contribution in [1.82, 2.24) is 0 Å². The molecule has 0 saturated carbocycles. The second-order valence-electron chi connectivity index (χ2n) is 14.0. The molecule has 2 nitrogen and oxygen atoms in total. The molecular formula is C52H33NOS. The number of benzene rings is 9. The zero-order valence-corrected chi connectivity index (χ0v) is 30.6. The first-order chi connectivity index (χ1) is 27.3. The number of rotatable bonds is 6. The van der Waals surface area contributed by atoms with Crippen LogP contribution in [0, 0.1) is 0 Å². The van der Waals surface area contributed by atoms with Crippen LogP contribution in [0.25, 0.3) is 86.3 Å². The van der Waals surface area contributed by atoms with E-state index in [1.807, 2.05) is 11.3 Å². The molecular weight excluding hydrogens is 687 g/mol. The van der Waals surface area contributed by atoms with Crippen LogP contribution in [0.3, 0.4) is 0 Å². The Morgan fingerprint density at radius 2 is 1.02 bits per heavy atom. The van der Waals surface area contributed by atoms with Crippen molar-refractivity contribution in [3.05, 3.63) is 200 Å². The Morgan fingerprint density at radius 3 is 1.82 bits per heavy atom. The van der Waals surface area contributed by atoms with Gasteiger partial charge in [-0.25, -0.2) is 0 Å². The van der Waals surface area contributed by atoms with Crippen molar-refractivity contribution in [1.29, 1.82) is 0 Å². The maximum Gasteiger partial charge on any atom is 0.143 e. The highest BCUT2D eigenvalue weighted by Gasteiger charge is 2.23. The van der Waals surface area contributed by atoms with E-state index in [0.717, 1.165) is 50.0 Å². The molecule has 55 heavy (non-hydrogen) atoms. The van der Waals surface area contributed by atoms with E-state index in [4.69, 9.17) is 4.42 Å². The summed E-state index contributed by atoms with van der Waals surface area (Å²) < 4.78 is 9.26. The summed E-state index contributed by atoms with van der Waals surface area (Å²) in [5.74, 6) is 0. The molecule has 11 rings (SSSR count). The van der Waals surface area contributed by atoms with E-state index in [-0.39, 0.29) is 0 Å². The highest BCUT2D eigenvalue weighted by Crippen LogP contribution is 2.49. The molecule has 0 radical (unpaired) electrons. The second kappa shape index (κ2) is 12.9. The van der Waals surface area contributed by atoms with E-state index in [1.54, 1.807) is 0 Å². The number of fused-ring (bicyclic) bond motifs is 8. The second-order valence-corrected chi connectivity index (χ2v) is 15.1. The maximum atomic E-state index is 6.71. The summed E-state index contributed by atoms with van der Waals surface area (Å²) in [6.07, 6.45) is 0. The molecule has 0 bridgehead atoms. The first-order valence-electron chi connectivity index (χ1n) is 18.7. The van der Waals surface area contributed by atoms with Crippen molar-refractivity contribution in [2.75, 3.05) is 4.90 Å². The quantitative estimate of drug-likeness (QED) is 0.170. The van der Waals surface area contributed by atoms with Crippen LogP contribution < -0.4 is 4.90 Å². The predicted molar refractivity (Wildman–Crippen MR) is 235 cm³/mol. The van der Waals surface area contributed by atoms with Gasteiger partial charge in [0.1, 0.15) is 11.2 Å². The molecule has 11 aromatic rings. The van der Waals surface area contributed by atoms with Crippen molar-refractivity contribution in [2.24, 2.45) is 0 Å². The van der Waals surface area contributed by atoms with E-state index in [9.17, 15) is 0 Å². The van der Waals surface area contributed by atoms with Crippen molar-refractivity contribution >= 4 is 81.3 Å². The average Bonchev–Trinajstić information content (AvgIpc) is 3.84. The van der Waals surface area contributed by atoms with Crippen LogP contribution >= 0.6 is 11.3 Å². The van der Waals surface area contributed by atoms with Crippen LogP contribution in [0.1, 0.15) is 0 Å². The van der Waals surface area contributed by atoms with E-state index < -0.39 is 0 Å². The third kappa shape index (κ3) is 5.24. The maximum absolute atomic E-state index is 6.71. The Bertz CT molecular complexity index is 3190. The van der Waals surface area contributed by atoms with E-state index in [1.165, 1.54) is 53.4 Å². The lowest BCUT2D eigenvalue weighted by molar-refractivity contribution is 0.672. The number of hydrogen-bond donors (Lipinski definition) is 0. The standard InChI is InChI=1S/C52H33NOS/c1-3-13-35(14-4-1)40-31-28-38(33-44(40)36-15-5-2-6-16-36)34-25-29-39(30-26-34)53(46-21-12-24-49-51(46)42-19-9-10-23-48(42)55-49)45-20-11-22-47-50(45)43-32-27-37-17-7-8-18-41(37)52(43)54-47/h1-33H. The molecule has 0 amide bonds. The highest BCUT2D eigenvalue weighted by molar-refractivity contribution is 7.26. The van der Waals surface area contributed by atoms with Crippen LogP contribution in [0.2, 0.25) is 0 Å². The summed E-state index contributed by atoms with van der Waals surface area (Å²) in [5, 5.41) is 7.03. The summed E-state index contributed by atoms with van der Waals surface area (Å²) in [5.41, 5.74) is 12.3. The molecule has 258 valence electrons. The van der Waals surface area contributed by atoms with Crippen molar-refractivity contribution < 1.29 is 4.42 Å². The van der Waals surface area contributed by atoms with Gasteiger partial charge in [0, 0.05) is 36.6 Å². The van der Waals surface area contributed by atoms with Gasteiger partial charge >= 0.3 is 0 Å². The fourth-order valence-electron chi connectivity index (χ4n) is 8.32. The van der Waals surface area contributed by atoms with Gasteiger partial charge in [0.15, 0.2) is 0 Å². The fourth-order valence-corrected chi connectivity index (χ4v) is 9.45. The van der Waals surface area contributed by atoms with Gasteiger partial charge in [0.2, 0.25) is 0 Å². The molecule has 0 unspecified atom stereocenters. The van der Waals surface area contributed by atoms with Gasteiger partial charge in [0.05, 0.1) is 16.8 Å². The summed E-state index contributed by atoms with van der Waals surface area (Å²) in [4.78, 5) is 2.44. The molecule has 0 saturated heterocycles. The number of thiophene rings is 1. The molecule has 0 atom stereocenters. The minimum atomic E-state index is 0.875. The first-order valence-corrected chi connectivity index (χ1v) is 19.5. The lowest BCUT2D eigenvalue weighted by Crippen LogP contribution is -2.10. The smallest absolute Gasteiger partial charge is 0.143 e. The Kier molecular flexibility index (Phi) is 7.39. The van der Waals surface area contributed by atoms with E-state index >= 15 is 0 Å². The third-order valence-electron chi connectivity index (χ3n) is 10.9. The molecule has 0 spiro atoms. The van der Waals surface area contributed by atoms with E-state index in [2.05, 4.69) is 205 Å². The van der Waals surface area contributed by atoms with Crippen LogP contribution in [0.5, 0.6) is 0 Å². The summed E-state index contributed by atoms with van der Waals surface area (Å²) in [6, 6.07) is 72.1. The molecule has 0 aliphatic rings. The molecule has 2 aromatic heterocycles. The normalized spacial score (nSPS) is 11.6. The van der Waals surface area contributed by atoms with Gasteiger partial charge < -0.3 is 9.32 Å². The largest absolute Gasteiger partial charge is 0.455 e. The monoisotopic (exact) mass is 719 g/mol. The van der Waals surface area contributed by atoms with Crippen molar-refractivity contribution in [2.45, 2.75) is 0 Å². The van der Waals surface area contributed by atoms with Crippen LogP contribution in [-0.2, 0) is 0 Å². The summed E-state index contributed by atoms with van der Waals surface area (Å²) >= 11 is 1.85. The molecule has 3 heteroatoms. The number of hydrogen-bond acceptors (Lipinski definition) is 3. The minimum absolute atomic E-state index is 0.875. The number of anilines is 3. The SMILES string of the molecule is c1ccc(-c2ccc(-c3ccc(N(c4cccc5oc6c7ccccc7ccc6c45)c4cccc5sc6ccccc6c45)cc3)cc2-c2ccccc2)cc1. The molecule has 0 aliphatic heterocycles. The zero-order chi connectivity index (χ0) is 36.3. The predicted octanol–water partition coefficient (Wildman–Crippen LogP) is 15.6. The molecule has 0 N–H and O–H groups in total.